The summed E-state index contributed by atoms with van der Waals surface area (Å²) < 4.78 is 9.33. The number of nitrogens with zero attached hydrogens (tertiary/aromatic N) is 1. The first kappa shape index (κ1) is 48.4. The lowest BCUT2D eigenvalue weighted by molar-refractivity contribution is 0.547. The molecule has 0 radical (unpaired) electrons. The highest BCUT2D eigenvalue weighted by Crippen LogP contribution is 2.42. The Morgan fingerprint density at radius 1 is 0.357 bits per heavy atom. The number of allylic oxidation sites excluding steroid dienone is 1. The van der Waals surface area contributed by atoms with Gasteiger partial charge in [-0.2, -0.15) is 0 Å². The quantitative estimate of drug-likeness (QED) is 0.139. The van der Waals surface area contributed by atoms with Gasteiger partial charge in [0.05, 0.1) is 11.0 Å². The first-order valence-electron chi connectivity index (χ1n) is 29.4. The number of benzene rings is 13. The van der Waals surface area contributed by atoms with Crippen molar-refractivity contribution in [3.63, 3.8) is 0 Å². The van der Waals surface area contributed by atoms with E-state index in [1.54, 1.807) is 0 Å². The van der Waals surface area contributed by atoms with Gasteiger partial charge < -0.3 is 8.98 Å². The molecule has 0 saturated heterocycles. The summed E-state index contributed by atoms with van der Waals surface area (Å²) in [7, 11) is -3.00. The van der Waals surface area contributed by atoms with E-state index in [9.17, 15) is 0 Å². The molecular weight excluding hydrogens is 1030 g/mol. The van der Waals surface area contributed by atoms with E-state index < -0.39 is 8.07 Å². The molecule has 0 amide bonds. The van der Waals surface area contributed by atoms with Crippen LogP contribution in [0, 0.1) is 6.92 Å². The van der Waals surface area contributed by atoms with Crippen LogP contribution in [0.1, 0.15) is 23.3 Å². The number of para-hydroxylation sites is 1. The Kier molecular flexibility index (Phi) is 11.0. The van der Waals surface area contributed by atoms with Crippen LogP contribution in [0.3, 0.4) is 0 Å². The lowest BCUT2D eigenvalue weighted by atomic mass is 9.95. The third-order valence-corrected chi connectivity index (χ3v) is 23.2. The zero-order valence-electron chi connectivity index (χ0n) is 46.5. The number of furan rings is 1. The number of aromatic nitrogens is 1. The van der Waals surface area contributed by atoms with E-state index >= 15 is 0 Å². The minimum absolute atomic E-state index is 0.926. The molecule has 17 rings (SSSR count). The fourth-order valence-corrected chi connectivity index (χ4v) is 19.7. The maximum absolute atomic E-state index is 6.80. The van der Waals surface area contributed by atoms with Crippen molar-refractivity contribution in [2.45, 2.75) is 19.8 Å². The zero-order valence-corrected chi connectivity index (χ0v) is 47.5. The molecule has 84 heavy (non-hydrogen) atoms. The zero-order chi connectivity index (χ0) is 55.5. The van der Waals surface area contributed by atoms with Crippen LogP contribution in [0.5, 0.6) is 0 Å². The monoisotopic (exact) mass is 1090 g/mol. The Morgan fingerprint density at radius 3 is 1.56 bits per heavy atom. The van der Waals surface area contributed by atoms with Crippen molar-refractivity contribution in [3.05, 3.63) is 302 Å². The molecule has 0 atom stereocenters. The molecule has 0 spiro atoms. The molecule has 2 nitrogen and oxygen atoms in total. The van der Waals surface area contributed by atoms with E-state index in [0.29, 0.717) is 0 Å². The second-order valence-corrected chi connectivity index (χ2v) is 26.8. The summed E-state index contributed by atoms with van der Waals surface area (Å²) in [6, 6.07) is 105. The predicted octanol–water partition coefficient (Wildman–Crippen LogP) is 18.8. The average molecular weight is 1090 g/mol. The molecule has 0 bridgehead atoms. The number of hydrogen-bond acceptors (Lipinski definition) is 1. The molecule has 1 aliphatic carbocycles. The molecule has 0 unspecified atom stereocenters. The van der Waals surface area contributed by atoms with Gasteiger partial charge in [-0.1, -0.05) is 260 Å². The highest BCUT2D eigenvalue weighted by molar-refractivity contribution is 7.22. The SMILES string of the molecule is Cc1ccc2c(-c3ccc(-c4ccc5c(c4)c4cc(-c6ccc(-c7cccc8ccccc78)cc6)ccc4n5-c4ccc5c(c4)[Si](c4ccccc4)(c4ccccc4)c4cc(-c6cccc7c8c(oc67)CCC=C8)ccc4-5)cc3)cccc2c1. The molecule has 2 aromatic heterocycles. The van der Waals surface area contributed by atoms with Gasteiger partial charge in [-0.3, -0.25) is 0 Å². The summed E-state index contributed by atoms with van der Waals surface area (Å²) >= 11 is 0. The lowest BCUT2D eigenvalue weighted by Crippen LogP contribution is -2.72. The van der Waals surface area contributed by atoms with Gasteiger partial charge in [0.1, 0.15) is 11.3 Å². The van der Waals surface area contributed by atoms with Gasteiger partial charge in [0.25, 0.3) is 0 Å². The van der Waals surface area contributed by atoms with Crippen molar-refractivity contribution in [3.8, 4) is 72.4 Å². The summed E-state index contributed by atoms with van der Waals surface area (Å²) in [6.45, 7) is 2.16. The fraction of sp³-hybridized carbons (Fsp3) is 0.0370. The minimum Gasteiger partial charge on any atom is -0.460 e. The van der Waals surface area contributed by atoms with Crippen LogP contribution in [0.2, 0.25) is 0 Å². The van der Waals surface area contributed by atoms with E-state index in [1.165, 1.54) is 142 Å². The van der Waals surface area contributed by atoms with Gasteiger partial charge in [0.2, 0.25) is 0 Å². The number of hydrogen-bond donors (Lipinski definition) is 0. The van der Waals surface area contributed by atoms with Gasteiger partial charge in [-0.05, 0) is 153 Å². The molecule has 3 heteroatoms. The van der Waals surface area contributed by atoms with Crippen LogP contribution in [0.15, 0.2) is 290 Å². The van der Waals surface area contributed by atoms with Crippen LogP contribution in [-0.2, 0) is 6.42 Å². The van der Waals surface area contributed by atoms with Gasteiger partial charge in [-0.15, -0.1) is 0 Å². The lowest BCUT2D eigenvalue weighted by Gasteiger charge is -2.32. The molecule has 394 valence electrons. The highest BCUT2D eigenvalue weighted by atomic mass is 28.3. The second-order valence-electron chi connectivity index (χ2n) is 23.0. The Morgan fingerprint density at radius 2 is 0.881 bits per heavy atom. The molecule has 15 aromatic rings. The third kappa shape index (κ3) is 7.49. The topological polar surface area (TPSA) is 18.1 Å². The van der Waals surface area contributed by atoms with E-state index in [-0.39, 0.29) is 0 Å². The summed E-state index contributed by atoms with van der Waals surface area (Å²) in [5.41, 5.74) is 21.6. The van der Waals surface area contributed by atoms with Crippen molar-refractivity contribution < 1.29 is 4.42 Å². The second kappa shape index (κ2) is 19.1. The van der Waals surface area contributed by atoms with Gasteiger partial charge >= 0.3 is 0 Å². The average Bonchev–Trinajstić information content (AvgIpc) is 3.33. The molecule has 0 saturated carbocycles. The molecule has 0 N–H and O–H groups in total. The Bertz CT molecular complexity index is 5130. The Hall–Kier alpha value is -10.3. The Balaban J connectivity index is 0.847. The summed E-state index contributed by atoms with van der Waals surface area (Å²) in [4.78, 5) is 0. The Labute approximate surface area is 489 Å². The first-order chi connectivity index (χ1) is 41.5. The normalized spacial score (nSPS) is 13.2. The third-order valence-electron chi connectivity index (χ3n) is 18.4. The first-order valence-corrected chi connectivity index (χ1v) is 31.4. The van der Waals surface area contributed by atoms with Gasteiger partial charge in [0.15, 0.2) is 8.07 Å². The fourth-order valence-electron chi connectivity index (χ4n) is 14.5. The van der Waals surface area contributed by atoms with E-state index in [2.05, 4.69) is 303 Å². The maximum Gasteiger partial charge on any atom is 0.180 e. The van der Waals surface area contributed by atoms with Crippen molar-refractivity contribution >= 4 is 89.2 Å². The predicted molar refractivity (Wildman–Crippen MR) is 357 cm³/mol. The molecular formula is C81H55NOSi. The van der Waals surface area contributed by atoms with Crippen molar-refractivity contribution in [1.82, 2.24) is 4.57 Å². The van der Waals surface area contributed by atoms with Crippen molar-refractivity contribution in [2.75, 3.05) is 0 Å². The smallest absolute Gasteiger partial charge is 0.180 e. The van der Waals surface area contributed by atoms with E-state index in [1.807, 2.05) is 0 Å². The molecule has 2 aliphatic rings. The summed E-state index contributed by atoms with van der Waals surface area (Å²) in [5, 5.41) is 14.2. The number of aryl methyl sites for hydroxylation is 2. The van der Waals surface area contributed by atoms with Crippen LogP contribution in [-0.4, -0.2) is 12.6 Å². The summed E-state index contributed by atoms with van der Waals surface area (Å²) in [6.07, 6.45) is 6.46. The van der Waals surface area contributed by atoms with E-state index in [4.69, 9.17) is 4.42 Å². The van der Waals surface area contributed by atoms with Crippen LogP contribution >= 0.6 is 0 Å². The molecule has 0 fully saturated rings. The molecule has 1 aliphatic heterocycles. The van der Waals surface area contributed by atoms with Crippen molar-refractivity contribution in [1.29, 1.82) is 0 Å². The number of fused-ring (bicyclic) bond motifs is 11. The van der Waals surface area contributed by atoms with Gasteiger partial charge in [-0.25, -0.2) is 0 Å². The number of rotatable bonds is 8. The molecule has 13 aromatic carbocycles. The molecule has 3 heterocycles. The highest BCUT2D eigenvalue weighted by Gasteiger charge is 2.49. The van der Waals surface area contributed by atoms with Crippen LogP contribution in [0.25, 0.3) is 133 Å². The van der Waals surface area contributed by atoms with Crippen LogP contribution < -0.4 is 20.7 Å². The minimum atomic E-state index is -3.00. The standard InChI is InChI=1S/C81H55NOSi/c1-52-29-42-68-60(47-52)17-13-25-67(68)57-36-32-54(33-37-57)59-40-46-77-75(49-59)74-48-58(53-30-34-56(35-31-53)66-24-12-16-55-15-8-9-22-65(55)66)39-45-76(74)82(77)62-41-44-72-71-43-38-61(69-26-14-27-73-70-23-10-11-28-78(70)83-81(69)73)50-79(71)84(80(72)51-62,63-18-4-2-5-19-63)64-20-6-3-7-21-64/h2-10,12-27,29-51H,11,28H2,1H3. The van der Waals surface area contributed by atoms with E-state index in [0.717, 1.165) is 35.4 Å². The largest absolute Gasteiger partial charge is 0.460 e. The van der Waals surface area contributed by atoms with Crippen molar-refractivity contribution in [2.24, 2.45) is 0 Å². The van der Waals surface area contributed by atoms with Gasteiger partial charge in [0, 0.05) is 39.4 Å². The maximum atomic E-state index is 6.80. The summed E-state index contributed by atoms with van der Waals surface area (Å²) in [5.74, 6) is 1.09. The van der Waals surface area contributed by atoms with Crippen LogP contribution in [0.4, 0.5) is 0 Å².